The highest BCUT2D eigenvalue weighted by molar-refractivity contribution is 5.64. The molecule has 0 aromatic heterocycles. The Morgan fingerprint density at radius 3 is 2.93 bits per heavy atom. The van der Waals surface area contributed by atoms with Gasteiger partial charge in [-0.2, -0.15) is 0 Å². The van der Waals surface area contributed by atoms with Gasteiger partial charge >= 0.3 is 6.16 Å². The second-order valence-electron chi connectivity index (χ2n) is 2.47. The van der Waals surface area contributed by atoms with E-state index in [9.17, 15) is 9.18 Å². The molecular weight excluding hydrogens is 189 g/mol. The number of anilines is 1. The highest BCUT2D eigenvalue weighted by Gasteiger charge is 2.09. The Hall–Kier alpha value is -1.78. The van der Waals surface area contributed by atoms with Gasteiger partial charge in [0.1, 0.15) is 0 Å². The molecule has 0 fully saturated rings. The van der Waals surface area contributed by atoms with E-state index >= 15 is 0 Å². The molecule has 14 heavy (non-hydrogen) atoms. The Morgan fingerprint density at radius 2 is 2.29 bits per heavy atom. The molecule has 76 valence electrons. The predicted molar refractivity (Wildman–Crippen MR) is 48.5 cm³/mol. The second kappa shape index (κ2) is 4.45. The summed E-state index contributed by atoms with van der Waals surface area (Å²) in [6.07, 6.45) is -0.947. The number of hydrogen-bond acceptors (Lipinski definition) is 4. The summed E-state index contributed by atoms with van der Waals surface area (Å²) in [7, 11) is 0. The third kappa shape index (κ3) is 2.62. The van der Waals surface area contributed by atoms with Crippen LogP contribution in [0.3, 0.4) is 0 Å². The molecule has 2 N–H and O–H groups in total. The molecule has 0 radical (unpaired) electrons. The lowest BCUT2D eigenvalue weighted by atomic mass is 10.3. The van der Waals surface area contributed by atoms with Crippen LogP contribution in [-0.4, -0.2) is 12.8 Å². The fourth-order valence-electron chi connectivity index (χ4n) is 0.835. The van der Waals surface area contributed by atoms with E-state index in [2.05, 4.69) is 9.47 Å². The minimum atomic E-state index is -0.947. The molecule has 0 heterocycles. The van der Waals surface area contributed by atoms with Crippen LogP contribution >= 0.6 is 0 Å². The highest BCUT2D eigenvalue weighted by Crippen LogP contribution is 2.20. The minimum Gasteiger partial charge on any atom is -0.434 e. The van der Waals surface area contributed by atoms with Gasteiger partial charge in [-0.15, -0.1) is 0 Å². The minimum absolute atomic E-state index is 0.169. The van der Waals surface area contributed by atoms with Gasteiger partial charge < -0.3 is 15.2 Å². The summed E-state index contributed by atoms with van der Waals surface area (Å²) >= 11 is 0. The molecule has 0 aliphatic carbocycles. The standard InChI is InChI=1S/C9H10FNO3/c1-2-13-9(12)14-8-5-6(11)3-4-7(8)10/h3-5H,2,11H2,1H3. The SMILES string of the molecule is CCOC(=O)Oc1cc(N)ccc1F. The zero-order valence-electron chi connectivity index (χ0n) is 7.62. The van der Waals surface area contributed by atoms with Gasteiger partial charge in [0.15, 0.2) is 11.6 Å². The number of nitrogen functional groups attached to an aromatic ring is 1. The van der Waals surface area contributed by atoms with Crippen molar-refractivity contribution in [1.29, 1.82) is 0 Å². The van der Waals surface area contributed by atoms with Crippen molar-refractivity contribution in [3.8, 4) is 5.75 Å². The summed E-state index contributed by atoms with van der Waals surface area (Å²) in [6.45, 7) is 1.79. The van der Waals surface area contributed by atoms with Gasteiger partial charge in [0, 0.05) is 11.8 Å². The molecule has 0 amide bonds. The molecule has 4 nitrogen and oxygen atoms in total. The molecule has 0 atom stereocenters. The molecule has 0 unspecified atom stereocenters. The van der Waals surface area contributed by atoms with Crippen LogP contribution in [0.4, 0.5) is 14.9 Å². The number of halogens is 1. The van der Waals surface area contributed by atoms with E-state index in [-0.39, 0.29) is 12.4 Å². The van der Waals surface area contributed by atoms with Crippen molar-refractivity contribution in [1.82, 2.24) is 0 Å². The predicted octanol–water partition coefficient (Wildman–Crippen LogP) is 1.94. The third-order valence-corrected chi connectivity index (χ3v) is 1.41. The number of carbonyl (C=O) groups excluding carboxylic acids is 1. The monoisotopic (exact) mass is 199 g/mol. The maximum atomic E-state index is 13.0. The molecule has 0 bridgehead atoms. The van der Waals surface area contributed by atoms with Gasteiger partial charge in [-0.1, -0.05) is 0 Å². The topological polar surface area (TPSA) is 61.5 Å². The van der Waals surface area contributed by atoms with Crippen LogP contribution in [0.1, 0.15) is 6.92 Å². The lowest BCUT2D eigenvalue weighted by Crippen LogP contribution is -2.11. The summed E-state index contributed by atoms with van der Waals surface area (Å²) in [5.41, 5.74) is 5.69. The van der Waals surface area contributed by atoms with Crippen molar-refractivity contribution in [2.24, 2.45) is 0 Å². The lowest BCUT2D eigenvalue weighted by Gasteiger charge is -2.05. The fraction of sp³-hybridized carbons (Fsp3) is 0.222. The van der Waals surface area contributed by atoms with E-state index in [0.29, 0.717) is 5.69 Å². The molecule has 0 spiro atoms. The third-order valence-electron chi connectivity index (χ3n) is 1.41. The molecule has 1 rings (SSSR count). The van der Waals surface area contributed by atoms with E-state index in [0.717, 1.165) is 6.07 Å². The highest BCUT2D eigenvalue weighted by atomic mass is 19.1. The van der Waals surface area contributed by atoms with Crippen LogP contribution in [0.15, 0.2) is 18.2 Å². The average Bonchev–Trinajstić information content (AvgIpc) is 2.12. The van der Waals surface area contributed by atoms with Crippen LogP contribution in [0.25, 0.3) is 0 Å². The van der Waals surface area contributed by atoms with Crippen LogP contribution in [0.5, 0.6) is 5.75 Å². The Morgan fingerprint density at radius 1 is 1.57 bits per heavy atom. The van der Waals surface area contributed by atoms with Crippen LogP contribution in [0, 0.1) is 5.82 Å². The first-order valence-electron chi connectivity index (χ1n) is 4.03. The van der Waals surface area contributed by atoms with Gasteiger partial charge in [0.05, 0.1) is 6.61 Å². The molecule has 1 aromatic carbocycles. The summed E-state index contributed by atoms with van der Waals surface area (Å²) in [5, 5.41) is 0. The fourth-order valence-corrected chi connectivity index (χ4v) is 0.835. The maximum Gasteiger partial charge on any atom is 0.513 e. The van der Waals surface area contributed by atoms with E-state index < -0.39 is 12.0 Å². The van der Waals surface area contributed by atoms with Crippen molar-refractivity contribution < 1.29 is 18.7 Å². The van der Waals surface area contributed by atoms with Crippen molar-refractivity contribution in [2.45, 2.75) is 6.92 Å². The maximum absolute atomic E-state index is 13.0. The van der Waals surface area contributed by atoms with Crippen LogP contribution in [0.2, 0.25) is 0 Å². The molecule has 0 saturated carbocycles. The molecule has 1 aromatic rings. The Balaban J connectivity index is 2.75. The number of ether oxygens (including phenoxy) is 2. The van der Waals surface area contributed by atoms with Crippen molar-refractivity contribution in [3.05, 3.63) is 24.0 Å². The van der Waals surface area contributed by atoms with E-state index in [4.69, 9.17) is 5.73 Å². The first kappa shape index (κ1) is 10.3. The number of rotatable bonds is 2. The Labute approximate surface area is 80.4 Å². The van der Waals surface area contributed by atoms with Crippen LogP contribution < -0.4 is 10.5 Å². The van der Waals surface area contributed by atoms with E-state index in [1.54, 1.807) is 6.92 Å². The number of carbonyl (C=O) groups is 1. The van der Waals surface area contributed by atoms with Crippen molar-refractivity contribution >= 4 is 11.8 Å². The van der Waals surface area contributed by atoms with E-state index in [1.165, 1.54) is 12.1 Å². The largest absolute Gasteiger partial charge is 0.513 e. The average molecular weight is 199 g/mol. The zero-order chi connectivity index (χ0) is 10.6. The Kier molecular flexibility index (Phi) is 3.28. The van der Waals surface area contributed by atoms with Crippen molar-refractivity contribution in [2.75, 3.05) is 12.3 Å². The van der Waals surface area contributed by atoms with Gasteiger partial charge in [-0.25, -0.2) is 9.18 Å². The first-order valence-corrected chi connectivity index (χ1v) is 4.03. The second-order valence-corrected chi connectivity index (χ2v) is 2.47. The smallest absolute Gasteiger partial charge is 0.434 e. The quantitative estimate of drug-likeness (QED) is 0.449. The molecule has 0 aliphatic heterocycles. The lowest BCUT2D eigenvalue weighted by molar-refractivity contribution is 0.103. The van der Waals surface area contributed by atoms with E-state index in [1.807, 2.05) is 0 Å². The number of benzene rings is 1. The molecule has 0 saturated heterocycles. The van der Waals surface area contributed by atoms with Crippen molar-refractivity contribution in [3.63, 3.8) is 0 Å². The van der Waals surface area contributed by atoms with Gasteiger partial charge in [0.2, 0.25) is 0 Å². The summed E-state index contributed by atoms with van der Waals surface area (Å²) in [6, 6.07) is 3.70. The summed E-state index contributed by atoms with van der Waals surface area (Å²) < 4.78 is 22.0. The first-order chi connectivity index (χ1) is 6.63. The normalized spacial score (nSPS) is 9.57. The molecule has 0 aliphatic rings. The van der Waals surface area contributed by atoms with Gasteiger partial charge in [-0.3, -0.25) is 0 Å². The summed E-state index contributed by atoms with van der Waals surface area (Å²) in [4.78, 5) is 10.8. The van der Waals surface area contributed by atoms with Gasteiger partial charge in [0.25, 0.3) is 0 Å². The summed E-state index contributed by atoms with van der Waals surface area (Å²) in [5.74, 6) is -0.893. The zero-order valence-corrected chi connectivity index (χ0v) is 7.62. The van der Waals surface area contributed by atoms with Crippen LogP contribution in [-0.2, 0) is 4.74 Å². The van der Waals surface area contributed by atoms with Gasteiger partial charge in [-0.05, 0) is 19.1 Å². The molecule has 5 heteroatoms. The molecular formula is C9H10FNO3. The number of hydrogen-bond donors (Lipinski definition) is 1. The number of nitrogens with two attached hydrogens (primary N) is 1. The Bertz CT molecular complexity index is 341.